The smallest absolute Gasteiger partial charge is 0.158 e. The highest BCUT2D eigenvalue weighted by molar-refractivity contribution is 7.17. The predicted octanol–water partition coefficient (Wildman–Crippen LogP) is 3.52. The Morgan fingerprint density at radius 2 is 2.14 bits per heavy atom. The molecule has 1 aliphatic rings. The molecule has 0 bridgehead atoms. The van der Waals surface area contributed by atoms with Gasteiger partial charge in [0, 0.05) is 30.5 Å². The normalized spacial score (nSPS) is 16.2. The van der Waals surface area contributed by atoms with Crippen molar-refractivity contribution in [3.8, 4) is 11.1 Å². The number of hydrogen-bond donors (Lipinski definition) is 1. The molecule has 4 aromatic rings. The van der Waals surface area contributed by atoms with Crippen LogP contribution in [-0.4, -0.2) is 37.9 Å². The van der Waals surface area contributed by atoms with Gasteiger partial charge in [0.1, 0.15) is 29.4 Å². The molecule has 0 amide bonds. The molecule has 1 atom stereocenters. The molecular formula is C20H20N6OS. The number of rotatable bonds is 5. The number of nitrogens with one attached hydrogen (secondary N) is 1. The summed E-state index contributed by atoms with van der Waals surface area (Å²) in [5, 5.41) is 11.2. The van der Waals surface area contributed by atoms with Gasteiger partial charge in [-0.2, -0.15) is 5.10 Å². The van der Waals surface area contributed by atoms with E-state index in [0.29, 0.717) is 12.4 Å². The summed E-state index contributed by atoms with van der Waals surface area (Å²) < 4.78 is 7.25. The van der Waals surface area contributed by atoms with E-state index in [-0.39, 0.29) is 6.04 Å². The van der Waals surface area contributed by atoms with Crippen LogP contribution in [0, 0.1) is 0 Å². The first-order chi connectivity index (χ1) is 13.8. The fourth-order valence-electron chi connectivity index (χ4n) is 3.66. The van der Waals surface area contributed by atoms with Crippen LogP contribution in [0.2, 0.25) is 0 Å². The fraction of sp³-hybridized carbons (Fsp3) is 0.300. The molecule has 7 nitrogen and oxygen atoms in total. The number of nitrogens with zero attached hydrogens (tertiary/aromatic N) is 5. The van der Waals surface area contributed by atoms with E-state index in [4.69, 9.17) is 14.7 Å². The summed E-state index contributed by atoms with van der Waals surface area (Å²) in [6, 6.07) is 10.6. The van der Waals surface area contributed by atoms with Crippen molar-refractivity contribution >= 4 is 27.4 Å². The van der Waals surface area contributed by atoms with Crippen molar-refractivity contribution in [1.29, 1.82) is 0 Å². The maximum Gasteiger partial charge on any atom is 0.158 e. The summed E-state index contributed by atoms with van der Waals surface area (Å²) in [5.74, 6) is 2.60. The molecule has 3 aromatic heterocycles. The Hall–Kier alpha value is -2.84. The van der Waals surface area contributed by atoms with Gasteiger partial charge >= 0.3 is 0 Å². The Morgan fingerprint density at radius 1 is 1.25 bits per heavy atom. The number of aryl methyl sites for hydroxylation is 1. The highest BCUT2D eigenvalue weighted by atomic mass is 32.1. The third-order valence-electron chi connectivity index (χ3n) is 4.98. The Morgan fingerprint density at radius 3 is 3.00 bits per heavy atom. The van der Waals surface area contributed by atoms with Gasteiger partial charge in [0.25, 0.3) is 0 Å². The van der Waals surface area contributed by atoms with Crippen molar-refractivity contribution in [3.63, 3.8) is 0 Å². The predicted molar refractivity (Wildman–Crippen MR) is 109 cm³/mol. The topological polar surface area (TPSA) is 77.8 Å². The minimum Gasteiger partial charge on any atom is -0.377 e. The van der Waals surface area contributed by atoms with Crippen LogP contribution in [0.25, 0.3) is 21.3 Å². The Balaban J connectivity index is 1.56. The SMILES string of the molecule is COCc1nc(NC2CCc3ncnn3C2)c2c(-c3ccccc3)csc2n1. The van der Waals surface area contributed by atoms with E-state index in [9.17, 15) is 0 Å². The van der Waals surface area contributed by atoms with Crippen molar-refractivity contribution < 1.29 is 4.74 Å². The molecule has 0 spiro atoms. The van der Waals surface area contributed by atoms with Crippen molar-refractivity contribution in [2.24, 2.45) is 0 Å². The average Bonchev–Trinajstić information content (AvgIpc) is 3.35. The largest absolute Gasteiger partial charge is 0.377 e. The van der Waals surface area contributed by atoms with Gasteiger partial charge < -0.3 is 10.1 Å². The van der Waals surface area contributed by atoms with E-state index in [1.807, 2.05) is 10.7 Å². The summed E-state index contributed by atoms with van der Waals surface area (Å²) in [4.78, 5) is 14.8. The van der Waals surface area contributed by atoms with Crippen LogP contribution < -0.4 is 5.32 Å². The van der Waals surface area contributed by atoms with E-state index in [0.717, 1.165) is 46.8 Å². The second-order valence-corrected chi connectivity index (χ2v) is 7.71. The van der Waals surface area contributed by atoms with Gasteiger partial charge in [-0.1, -0.05) is 30.3 Å². The fourth-order valence-corrected chi connectivity index (χ4v) is 4.63. The lowest BCUT2D eigenvalue weighted by molar-refractivity contribution is 0.178. The van der Waals surface area contributed by atoms with Gasteiger partial charge in [0.15, 0.2) is 5.82 Å². The molecule has 8 heteroatoms. The number of methoxy groups -OCH3 is 1. The summed E-state index contributed by atoms with van der Waals surface area (Å²) in [5.41, 5.74) is 2.33. The molecular weight excluding hydrogens is 372 g/mol. The van der Waals surface area contributed by atoms with Gasteiger partial charge in [-0.15, -0.1) is 11.3 Å². The molecule has 142 valence electrons. The van der Waals surface area contributed by atoms with E-state index < -0.39 is 0 Å². The number of thiophene rings is 1. The van der Waals surface area contributed by atoms with Crippen LogP contribution in [-0.2, 0) is 24.3 Å². The zero-order chi connectivity index (χ0) is 18.9. The first-order valence-electron chi connectivity index (χ1n) is 9.27. The first-order valence-corrected chi connectivity index (χ1v) is 10.2. The van der Waals surface area contributed by atoms with Crippen LogP contribution in [0.5, 0.6) is 0 Å². The second-order valence-electron chi connectivity index (χ2n) is 6.86. The van der Waals surface area contributed by atoms with E-state index >= 15 is 0 Å². The summed E-state index contributed by atoms with van der Waals surface area (Å²) in [6.45, 7) is 1.17. The van der Waals surface area contributed by atoms with Crippen LogP contribution in [0.15, 0.2) is 42.0 Å². The molecule has 4 heterocycles. The van der Waals surface area contributed by atoms with Gasteiger partial charge in [-0.05, 0) is 12.0 Å². The third kappa shape index (κ3) is 3.14. The Bertz CT molecular complexity index is 1110. The quantitative estimate of drug-likeness (QED) is 0.560. The van der Waals surface area contributed by atoms with Gasteiger partial charge in [-0.25, -0.2) is 19.6 Å². The van der Waals surface area contributed by atoms with E-state index in [1.54, 1.807) is 24.8 Å². The van der Waals surface area contributed by atoms with Gasteiger partial charge in [0.2, 0.25) is 0 Å². The van der Waals surface area contributed by atoms with E-state index in [2.05, 4.69) is 45.0 Å². The summed E-state index contributed by atoms with van der Waals surface area (Å²) in [7, 11) is 1.66. The highest BCUT2D eigenvalue weighted by Gasteiger charge is 2.22. The first kappa shape index (κ1) is 17.3. The molecule has 0 saturated heterocycles. The number of ether oxygens (including phenoxy) is 1. The van der Waals surface area contributed by atoms with Crippen LogP contribution >= 0.6 is 11.3 Å². The maximum atomic E-state index is 5.28. The van der Waals surface area contributed by atoms with Crippen LogP contribution in [0.1, 0.15) is 18.1 Å². The van der Waals surface area contributed by atoms with Gasteiger partial charge in [0.05, 0.1) is 11.9 Å². The molecule has 1 N–H and O–H groups in total. The molecule has 0 aliphatic carbocycles. The summed E-state index contributed by atoms with van der Waals surface area (Å²) in [6.07, 6.45) is 3.53. The Labute approximate surface area is 166 Å². The average molecular weight is 392 g/mol. The Kier molecular flexibility index (Phi) is 4.50. The van der Waals surface area contributed by atoms with E-state index in [1.165, 1.54) is 5.56 Å². The molecule has 1 unspecified atom stereocenters. The molecule has 5 rings (SSSR count). The van der Waals surface area contributed by atoms with Gasteiger partial charge in [-0.3, -0.25) is 0 Å². The lowest BCUT2D eigenvalue weighted by Crippen LogP contribution is -2.32. The zero-order valence-electron chi connectivity index (χ0n) is 15.5. The lowest BCUT2D eigenvalue weighted by Gasteiger charge is -2.24. The minimum atomic E-state index is 0.242. The highest BCUT2D eigenvalue weighted by Crippen LogP contribution is 2.37. The second kappa shape index (κ2) is 7.29. The molecule has 0 fully saturated rings. The number of benzene rings is 1. The standard InChI is InChI=1S/C20H20N6OS/c1-27-10-16-24-19(23-14-7-8-17-21-12-22-26(17)9-14)18-15(11-28-20(18)25-16)13-5-3-2-4-6-13/h2-6,11-12,14H,7-10H2,1H3,(H,23,24,25). The zero-order valence-corrected chi connectivity index (χ0v) is 16.3. The molecule has 1 aromatic carbocycles. The third-order valence-corrected chi connectivity index (χ3v) is 5.86. The number of aromatic nitrogens is 5. The number of hydrogen-bond acceptors (Lipinski definition) is 7. The van der Waals surface area contributed by atoms with Crippen molar-refractivity contribution in [2.75, 3.05) is 12.4 Å². The molecule has 1 aliphatic heterocycles. The number of anilines is 1. The summed E-state index contributed by atoms with van der Waals surface area (Å²) >= 11 is 1.64. The lowest BCUT2D eigenvalue weighted by atomic mass is 10.0. The molecule has 0 radical (unpaired) electrons. The van der Waals surface area contributed by atoms with Crippen LogP contribution in [0.4, 0.5) is 5.82 Å². The van der Waals surface area contributed by atoms with Crippen LogP contribution in [0.3, 0.4) is 0 Å². The molecule has 0 saturated carbocycles. The molecule has 28 heavy (non-hydrogen) atoms. The monoisotopic (exact) mass is 392 g/mol. The maximum absolute atomic E-state index is 5.28. The van der Waals surface area contributed by atoms with Crippen molar-refractivity contribution in [2.45, 2.75) is 32.0 Å². The van der Waals surface area contributed by atoms with Crippen molar-refractivity contribution in [3.05, 3.63) is 53.7 Å². The van der Waals surface area contributed by atoms with Crippen molar-refractivity contribution in [1.82, 2.24) is 24.7 Å². The number of fused-ring (bicyclic) bond motifs is 2. The minimum absolute atomic E-state index is 0.242.